The first-order chi connectivity index (χ1) is 8.75. The maximum Gasteiger partial charge on any atom is 0.224 e. The molecule has 0 bridgehead atoms. The van der Waals surface area contributed by atoms with Gasteiger partial charge >= 0.3 is 0 Å². The first-order valence-electron chi connectivity index (χ1n) is 5.69. The van der Waals surface area contributed by atoms with Crippen LogP contribution in [-0.2, 0) is 11.2 Å². The minimum absolute atomic E-state index is 0.00533. The Morgan fingerprint density at radius 1 is 1.22 bits per heavy atom. The van der Waals surface area contributed by atoms with Gasteiger partial charge in [-0.2, -0.15) is 0 Å². The van der Waals surface area contributed by atoms with Crippen LogP contribution in [0.1, 0.15) is 12.0 Å². The Morgan fingerprint density at radius 3 is 2.72 bits per heavy atom. The van der Waals surface area contributed by atoms with Crippen molar-refractivity contribution in [3.05, 3.63) is 58.8 Å². The Labute approximate surface area is 114 Å². The maximum atomic E-state index is 11.8. The van der Waals surface area contributed by atoms with E-state index in [1.165, 1.54) is 5.56 Å². The summed E-state index contributed by atoms with van der Waals surface area (Å²) >= 11 is 3.34. The lowest BCUT2D eigenvalue weighted by atomic mass is 10.1. The molecule has 3 nitrogen and oxygen atoms in total. The largest absolute Gasteiger partial charge is 0.325 e. The molecule has 0 fully saturated rings. The highest BCUT2D eigenvalue weighted by atomic mass is 79.9. The van der Waals surface area contributed by atoms with E-state index in [9.17, 15) is 4.79 Å². The number of nitrogens with one attached hydrogen (secondary N) is 1. The number of carbonyl (C=O) groups excluding carboxylic acids is 1. The number of carbonyl (C=O) groups is 1. The van der Waals surface area contributed by atoms with E-state index in [4.69, 9.17) is 0 Å². The maximum absolute atomic E-state index is 11.8. The number of aryl methyl sites for hydroxylation is 1. The summed E-state index contributed by atoms with van der Waals surface area (Å²) in [5.74, 6) is 0.00533. The molecule has 1 amide bonds. The molecule has 0 spiro atoms. The van der Waals surface area contributed by atoms with E-state index in [0.717, 1.165) is 16.6 Å². The summed E-state index contributed by atoms with van der Waals surface area (Å²) in [5, 5.41) is 2.85. The van der Waals surface area contributed by atoms with Crippen LogP contribution in [0.3, 0.4) is 0 Å². The fourth-order valence-corrected chi connectivity index (χ4v) is 1.94. The van der Waals surface area contributed by atoms with Gasteiger partial charge in [-0.3, -0.25) is 9.78 Å². The molecule has 0 atom stereocenters. The second kappa shape index (κ2) is 6.31. The first-order valence-corrected chi connectivity index (χ1v) is 6.48. The van der Waals surface area contributed by atoms with Crippen LogP contribution in [0.25, 0.3) is 0 Å². The van der Waals surface area contributed by atoms with E-state index in [2.05, 4.69) is 26.2 Å². The predicted molar refractivity (Wildman–Crippen MR) is 75.3 cm³/mol. The highest BCUT2D eigenvalue weighted by molar-refractivity contribution is 9.10. The van der Waals surface area contributed by atoms with Gasteiger partial charge in [0.05, 0.1) is 10.2 Å². The molecule has 18 heavy (non-hydrogen) atoms. The molecule has 92 valence electrons. The lowest BCUT2D eigenvalue weighted by molar-refractivity contribution is -0.116. The van der Waals surface area contributed by atoms with Gasteiger partial charge in [-0.05, 0) is 34.0 Å². The van der Waals surface area contributed by atoms with Crippen LogP contribution >= 0.6 is 15.9 Å². The molecule has 0 aliphatic carbocycles. The number of hydrogen-bond acceptors (Lipinski definition) is 2. The number of halogens is 1. The summed E-state index contributed by atoms with van der Waals surface area (Å²) in [7, 11) is 0. The molecular formula is C14H13BrN2O. The van der Waals surface area contributed by atoms with Crippen molar-refractivity contribution in [2.45, 2.75) is 12.8 Å². The van der Waals surface area contributed by atoms with Crippen LogP contribution < -0.4 is 5.32 Å². The SMILES string of the molecule is O=C(CCc1ccccc1)Nc1ccncc1Br. The fraction of sp³-hybridized carbons (Fsp3) is 0.143. The van der Waals surface area contributed by atoms with Crippen molar-refractivity contribution < 1.29 is 4.79 Å². The molecule has 0 aliphatic rings. The monoisotopic (exact) mass is 304 g/mol. The highest BCUT2D eigenvalue weighted by Crippen LogP contribution is 2.20. The van der Waals surface area contributed by atoms with Crippen LogP contribution in [0.5, 0.6) is 0 Å². The Hall–Kier alpha value is -1.68. The Bertz CT molecular complexity index is 528. The average Bonchev–Trinajstić information content (AvgIpc) is 2.40. The fourth-order valence-electron chi connectivity index (χ4n) is 1.59. The van der Waals surface area contributed by atoms with E-state index >= 15 is 0 Å². The van der Waals surface area contributed by atoms with E-state index in [0.29, 0.717) is 6.42 Å². The van der Waals surface area contributed by atoms with Crippen molar-refractivity contribution in [3.63, 3.8) is 0 Å². The second-order valence-electron chi connectivity index (χ2n) is 3.89. The third-order valence-corrected chi connectivity index (χ3v) is 3.16. The van der Waals surface area contributed by atoms with Gasteiger partial charge in [-0.15, -0.1) is 0 Å². The van der Waals surface area contributed by atoms with Gasteiger partial charge in [-0.25, -0.2) is 0 Å². The molecule has 0 saturated heterocycles. The average molecular weight is 305 g/mol. The van der Waals surface area contributed by atoms with Crippen LogP contribution in [0.15, 0.2) is 53.3 Å². The highest BCUT2D eigenvalue weighted by Gasteiger charge is 2.05. The van der Waals surface area contributed by atoms with E-state index in [1.807, 2.05) is 30.3 Å². The number of anilines is 1. The minimum atomic E-state index is 0.00533. The number of nitrogens with zero attached hydrogens (tertiary/aromatic N) is 1. The van der Waals surface area contributed by atoms with Crippen molar-refractivity contribution in [2.24, 2.45) is 0 Å². The molecule has 0 aliphatic heterocycles. The van der Waals surface area contributed by atoms with Crippen LogP contribution in [0.2, 0.25) is 0 Å². The number of aromatic nitrogens is 1. The molecule has 1 aromatic carbocycles. The van der Waals surface area contributed by atoms with Crippen molar-refractivity contribution in [3.8, 4) is 0 Å². The molecular weight excluding hydrogens is 292 g/mol. The van der Waals surface area contributed by atoms with E-state index < -0.39 is 0 Å². The quantitative estimate of drug-likeness (QED) is 0.940. The van der Waals surface area contributed by atoms with Gasteiger partial charge in [0, 0.05) is 18.8 Å². The Morgan fingerprint density at radius 2 is 2.00 bits per heavy atom. The molecule has 0 saturated carbocycles. The topological polar surface area (TPSA) is 42.0 Å². The number of amides is 1. The summed E-state index contributed by atoms with van der Waals surface area (Å²) in [4.78, 5) is 15.7. The molecule has 0 radical (unpaired) electrons. The third-order valence-electron chi connectivity index (χ3n) is 2.53. The lowest BCUT2D eigenvalue weighted by Gasteiger charge is -2.06. The Balaban J connectivity index is 1.88. The lowest BCUT2D eigenvalue weighted by Crippen LogP contribution is -2.12. The van der Waals surface area contributed by atoms with Crippen LogP contribution in [0.4, 0.5) is 5.69 Å². The summed E-state index contributed by atoms with van der Waals surface area (Å²) in [6.07, 6.45) is 4.53. The standard InChI is InChI=1S/C14H13BrN2O/c15-12-10-16-9-8-13(12)17-14(18)7-6-11-4-2-1-3-5-11/h1-5,8-10H,6-7H2,(H,16,17,18). The molecule has 1 aromatic heterocycles. The van der Waals surface area contributed by atoms with Gasteiger partial charge in [0.1, 0.15) is 0 Å². The van der Waals surface area contributed by atoms with Gasteiger partial charge in [0.15, 0.2) is 0 Å². The summed E-state index contributed by atoms with van der Waals surface area (Å²) in [6, 6.07) is 11.7. The molecule has 2 rings (SSSR count). The van der Waals surface area contributed by atoms with Crippen LogP contribution in [-0.4, -0.2) is 10.9 Å². The molecule has 1 heterocycles. The number of hydrogen-bond donors (Lipinski definition) is 1. The van der Waals surface area contributed by atoms with Crippen molar-refractivity contribution in [2.75, 3.05) is 5.32 Å². The van der Waals surface area contributed by atoms with Gasteiger partial charge < -0.3 is 5.32 Å². The first kappa shape index (κ1) is 12.8. The smallest absolute Gasteiger partial charge is 0.224 e. The third kappa shape index (κ3) is 3.67. The van der Waals surface area contributed by atoms with Crippen LogP contribution in [0, 0.1) is 0 Å². The number of benzene rings is 1. The zero-order valence-corrected chi connectivity index (χ0v) is 11.4. The molecule has 2 aromatic rings. The van der Waals surface area contributed by atoms with Crippen molar-refractivity contribution in [1.82, 2.24) is 4.98 Å². The molecule has 4 heteroatoms. The van der Waals surface area contributed by atoms with Gasteiger partial charge in [-0.1, -0.05) is 30.3 Å². The summed E-state index contributed by atoms with van der Waals surface area (Å²) < 4.78 is 0.790. The summed E-state index contributed by atoms with van der Waals surface area (Å²) in [6.45, 7) is 0. The van der Waals surface area contributed by atoms with Gasteiger partial charge in [0.25, 0.3) is 0 Å². The number of rotatable bonds is 4. The van der Waals surface area contributed by atoms with E-state index in [1.54, 1.807) is 18.5 Å². The molecule has 1 N–H and O–H groups in total. The second-order valence-corrected chi connectivity index (χ2v) is 4.74. The van der Waals surface area contributed by atoms with E-state index in [-0.39, 0.29) is 5.91 Å². The number of pyridine rings is 1. The molecule has 0 unspecified atom stereocenters. The summed E-state index contributed by atoms with van der Waals surface area (Å²) in [5.41, 5.74) is 1.92. The van der Waals surface area contributed by atoms with Crippen molar-refractivity contribution in [1.29, 1.82) is 0 Å². The zero-order chi connectivity index (χ0) is 12.8. The Kier molecular flexibility index (Phi) is 4.47. The minimum Gasteiger partial charge on any atom is -0.325 e. The van der Waals surface area contributed by atoms with Gasteiger partial charge in [0.2, 0.25) is 5.91 Å². The van der Waals surface area contributed by atoms with Crippen molar-refractivity contribution >= 4 is 27.5 Å². The zero-order valence-electron chi connectivity index (χ0n) is 9.77. The normalized spacial score (nSPS) is 10.1. The predicted octanol–water partition coefficient (Wildman–Crippen LogP) is 3.42.